The van der Waals surface area contributed by atoms with E-state index in [4.69, 9.17) is 5.73 Å². The number of benzene rings is 2. The molecule has 0 aromatic heterocycles. The summed E-state index contributed by atoms with van der Waals surface area (Å²) in [6.07, 6.45) is 0. The third-order valence-corrected chi connectivity index (χ3v) is 3.56. The van der Waals surface area contributed by atoms with E-state index in [0.29, 0.717) is 22.3 Å². The molecule has 21 heavy (non-hydrogen) atoms. The third-order valence-electron chi connectivity index (χ3n) is 3.56. The standard InChI is InChI=1S/C16H13FN2O2/c17-14-7-10(8-18)5-6-11(14)9-19-15(20)12-3-1-2-4-13(12)16(19)21/h1-7H,8-9,18H2. The van der Waals surface area contributed by atoms with Gasteiger partial charge >= 0.3 is 0 Å². The Kier molecular flexibility index (Phi) is 3.27. The van der Waals surface area contributed by atoms with Crippen molar-refractivity contribution in [1.82, 2.24) is 4.90 Å². The van der Waals surface area contributed by atoms with E-state index in [1.807, 2.05) is 0 Å². The van der Waals surface area contributed by atoms with Crippen LogP contribution in [0, 0.1) is 5.82 Å². The zero-order chi connectivity index (χ0) is 15.0. The van der Waals surface area contributed by atoms with Crippen LogP contribution in [-0.2, 0) is 13.1 Å². The number of hydrogen-bond acceptors (Lipinski definition) is 3. The number of amides is 2. The lowest BCUT2D eigenvalue weighted by Crippen LogP contribution is -2.29. The highest BCUT2D eigenvalue weighted by Gasteiger charge is 2.35. The van der Waals surface area contributed by atoms with Gasteiger partial charge in [-0.25, -0.2) is 4.39 Å². The van der Waals surface area contributed by atoms with Crippen LogP contribution in [-0.4, -0.2) is 16.7 Å². The van der Waals surface area contributed by atoms with Crippen LogP contribution in [0.4, 0.5) is 4.39 Å². The van der Waals surface area contributed by atoms with Gasteiger partial charge in [0.2, 0.25) is 0 Å². The first-order valence-corrected chi connectivity index (χ1v) is 6.54. The van der Waals surface area contributed by atoms with Gasteiger partial charge in [-0.2, -0.15) is 0 Å². The van der Waals surface area contributed by atoms with E-state index in [2.05, 4.69) is 0 Å². The average molecular weight is 284 g/mol. The summed E-state index contributed by atoms with van der Waals surface area (Å²) in [5.74, 6) is -1.25. The van der Waals surface area contributed by atoms with Crippen molar-refractivity contribution >= 4 is 11.8 Å². The molecule has 106 valence electrons. The predicted molar refractivity (Wildman–Crippen MR) is 74.9 cm³/mol. The van der Waals surface area contributed by atoms with Gasteiger partial charge in [0, 0.05) is 12.1 Å². The molecule has 0 saturated carbocycles. The van der Waals surface area contributed by atoms with Crippen LogP contribution >= 0.6 is 0 Å². The molecule has 0 radical (unpaired) electrons. The van der Waals surface area contributed by atoms with Crippen LogP contribution in [0.2, 0.25) is 0 Å². The summed E-state index contributed by atoms with van der Waals surface area (Å²) in [6.45, 7) is 0.160. The van der Waals surface area contributed by atoms with E-state index in [9.17, 15) is 14.0 Å². The lowest BCUT2D eigenvalue weighted by atomic mass is 10.1. The van der Waals surface area contributed by atoms with Crippen LogP contribution in [0.5, 0.6) is 0 Å². The van der Waals surface area contributed by atoms with Crippen LogP contribution in [0.1, 0.15) is 31.8 Å². The van der Waals surface area contributed by atoms with Crippen molar-refractivity contribution in [1.29, 1.82) is 0 Å². The Morgan fingerprint density at radius 2 is 1.62 bits per heavy atom. The molecule has 0 unspecified atom stereocenters. The normalized spacial score (nSPS) is 13.7. The van der Waals surface area contributed by atoms with E-state index in [-0.39, 0.29) is 13.1 Å². The molecule has 5 heteroatoms. The zero-order valence-electron chi connectivity index (χ0n) is 11.2. The Balaban J connectivity index is 1.90. The summed E-state index contributed by atoms with van der Waals surface area (Å²) in [4.78, 5) is 25.5. The highest BCUT2D eigenvalue weighted by Crippen LogP contribution is 2.25. The van der Waals surface area contributed by atoms with Crippen molar-refractivity contribution in [2.75, 3.05) is 0 Å². The van der Waals surface area contributed by atoms with Crippen LogP contribution in [0.3, 0.4) is 0 Å². The van der Waals surface area contributed by atoms with E-state index in [0.717, 1.165) is 4.90 Å². The molecule has 0 spiro atoms. The predicted octanol–water partition coefficient (Wildman–Crippen LogP) is 2.08. The fourth-order valence-corrected chi connectivity index (χ4v) is 2.40. The van der Waals surface area contributed by atoms with Gasteiger partial charge in [-0.05, 0) is 23.8 Å². The van der Waals surface area contributed by atoms with Crippen molar-refractivity contribution < 1.29 is 14.0 Å². The SMILES string of the molecule is NCc1ccc(CN2C(=O)c3ccccc3C2=O)c(F)c1. The van der Waals surface area contributed by atoms with E-state index >= 15 is 0 Å². The molecule has 3 rings (SSSR count). The van der Waals surface area contributed by atoms with Crippen molar-refractivity contribution in [3.8, 4) is 0 Å². The summed E-state index contributed by atoms with van der Waals surface area (Å²) in [7, 11) is 0. The second-order valence-electron chi connectivity index (χ2n) is 4.87. The van der Waals surface area contributed by atoms with Gasteiger partial charge < -0.3 is 5.73 Å². The molecular formula is C16H13FN2O2. The minimum absolute atomic E-state index is 0.0803. The minimum atomic E-state index is -0.463. The number of carbonyl (C=O) groups excluding carboxylic acids is 2. The van der Waals surface area contributed by atoms with Crippen LogP contribution in [0.25, 0.3) is 0 Å². The Labute approximate surface area is 121 Å². The maximum atomic E-state index is 14.0. The first-order chi connectivity index (χ1) is 10.1. The number of nitrogens with zero attached hydrogens (tertiary/aromatic N) is 1. The average Bonchev–Trinajstić information content (AvgIpc) is 2.74. The molecule has 0 fully saturated rings. The lowest BCUT2D eigenvalue weighted by Gasteiger charge is -2.14. The highest BCUT2D eigenvalue weighted by molar-refractivity contribution is 6.21. The summed E-state index contributed by atoms with van der Waals surface area (Å²) >= 11 is 0. The van der Waals surface area contributed by atoms with Crippen LogP contribution < -0.4 is 5.73 Å². The second kappa shape index (κ2) is 5.10. The van der Waals surface area contributed by atoms with Gasteiger partial charge in [0.15, 0.2) is 0 Å². The third kappa shape index (κ3) is 2.21. The van der Waals surface area contributed by atoms with E-state index in [1.54, 1.807) is 36.4 Å². The maximum absolute atomic E-state index is 14.0. The largest absolute Gasteiger partial charge is 0.326 e. The van der Waals surface area contributed by atoms with Crippen molar-refractivity contribution in [2.45, 2.75) is 13.1 Å². The number of rotatable bonds is 3. The van der Waals surface area contributed by atoms with Gasteiger partial charge in [0.25, 0.3) is 11.8 Å². The molecule has 0 bridgehead atoms. The van der Waals surface area contributed by atoms with E-state index < -0.39 is 17.6 Å². The fourth-order valence-electron chi connectivity index (χ4n) is 2.40. The second-order valence-corrected chi connectivity index (χ2v) is 4.87. The summed E-state index contributed by atoms with van der Waals surface area (Å²) in [6, 6.07) is 11.2. The molecule has 4 nitrogen and oxygen atoms in total. The molecule has 0 atom stereocenters. The first kappa shape index (κ1) is 13.5. The monoisotopic (exact) mass is 284 g/mol. The molecule has 2 N–H and O–H groups in total. The Hall–Kier alpha value is -2.53. The Bertz CT molecular complexity index is 708. The minimum Gasteiger partial charge on any atom is -0.326 e. The number of halogens is 1. The number of carbonyl (C=O) groups is 2. The van der Waals surface area contributed by atoms with Gasteiger partial charge in [0.05, 0.1) is 17.7 Å². The summed E-state index contributed by atoms with van der Waals surface area (Å²) in [5, 5.41) is 0. The van der Waals surface area contributed by atoms with Gasteiger partial charge in [-0.1, -0.05) is 24.3 Å². The molecule has 1 heterocycles. The first-order valence-electron chi connectivity index (χ1n) is 6.54. The van der Waals surface area contributed by atoms with Gasteiger partial charge in [-0.15, -0.1) is 0 Å². The lowest BCUT2D eigenvalue weighted by molar-refractivity contribution is 0.0641. The molecular weight excluding hydrogens is 271 g/mol. The number of nitrogens with two attached hydrogens (primary N) is 1. The van der Waals surface area contributed by atoms with E-state index in [1.165, 1.54) is 6.07 Å². The van der Waals surface area contributed by atoms with Crippen molar-refractivity contribution in [2.24, 2.45) is 5.73 Å². The molecule has 2 amide bonds. The maximum Gasteiger partial charge on any atom is 0.261 e. The quantitative estimate of drug-likeness (QED) is 0.878. The Morgan fingerprint density at radius 1 is 1.00 bits per heavy atom. The van der Waals surface area contributed by atoms with Gasteiger partial charge in [0.1, 0.15) is 5.82 Å². The fraction of sp³-hybridized carbons (Fsp3) is 0.125. The molecule has 0 saturated heterocycles. The molecule has 2 aromatic rings. The van der Waals surface area contributed by atoms with Crippen molar-refractivity contribution in [3.63, 3.8) is 0 Å². The topological polar surface area (TPSA) is 63.4 Å². The van der Waals surface area contributed by atoms with Gasteiger partial charge in [-0.3, -0.25) is 14.5 Å². The zero-order valence-corrected chi connectivity index (χ0v) is 11.2. The molecule has 1 aliphatic rings. The highest BCUT2D eigenvalue weighted by atomic mass is 19.1. The molecule has 2 aromatic carbocycles. The number of fused-ring (bicyclic) bond motifs is 1. The molecule has 0 aliphatic carbocycles. The Morgan fingerprint density at radius 3 is 2.14 bits per heavy atom. The summed E-state index contributed by atoms with van der Waals surface area (Å²) in [5.41, 5.74) is 7.13. The smallest absolute Gasteiger partial charge is 0.261 e. The number of imide groups is 1. The number of hydrogen-bond donors (Lipinski definition) is 1. The van der Waals surface area contributed by atoms with Crippen LogP contribution in [0.15, 0.2) is 42.5 Å². The van der Waals surface area contributed by atoms with Crippen molar-refractivity contribution in [3.05, 3.63) is 70.5 Å². The molecule has 1 aliphatic heterocycles. The summed E-state index contributed by atoms with van der Waals surface area (Å²) < 4.78 is 14.0.